The molecule has 1 saturated carbocycles. The van der Waals surface area contributed by atoms with E-state index in [1.165, 1.54) is 12.8 Å². The number of benzene rings is 1. The van der Waals surface area contributed by atoms with Crippen LogP contribution in [0.1, 0.15) is 31.2 Å². The van der Waals surface area contributed by atoms with Crippen LogP contribution >= 0.6 is 11.6 Å². The minimum atomic E-state index is 0.248. The summed E-state index contributed by atoms with van der Waals surface area (Å²) in [7, 11) is 0. The van der Waals surface area contributed by atoms with Crippen LogP contribution in [-0.4, -0.2) is 21.0 Å². The third-order valence-electron chi connectivity index (χ3n) is 3.65. The molecule has 1 aromatic heterocycles. The molecule has 0 saturated heterocycles. The van der Waals surface area contributed by atoms with Crippen molar-refractivity contribution in [2.75, 3.05) is 0 Å². The van der Waals surface area contributed by atoms with Gasteiger partial charge in [-0.1, -0.05) is 29.8 Å². The Labute approximate surface area is 122 Å². The standard InChI is InChI=1S/C15H17ClN2O2/c16-15-14(20-12-6-2-3-7-12)9-17-18(15)10-11-5-1-4-8-13(11)19/h1,4-5,8-9,12,19H,2-3,6-7,10H2. The molecule has 1 aliphatic rings. The molecule has 0 spiro atoms. The number of aromatic hydroxyl groups is 1. The number of rotatable bonds is 4. The number of phenolic OH excluding ortho intramolecular Hbond substituents is 1. The number of para-hydroxylation sites is 1. The monoisotopic (exact) mass is 292 g/mol. The lowest BCUT2D eigenvalue weighted by Crippen LogP contribution is -2.11. The van der Waals surface area contributed by atoms with Crippen molar-refractivity contribution in [3.05, 3.63) is 41.2 Å². The van der Waals surface area contributed by atoms with Gasteiger partial charge in [-0.3, -0.25) is 0 Å². The van der Waals surface area contributed by atoms with Gasteiger partial charge in [-0.05, 0) is 31.7 Å². The molecule has 0 amide bonds. The van der Waals surface area contributed by atoms with Crippen LogP contribution in [0.2, 0.25) is 5.15 Å². The van der Waals surface area contributed by atoms with Crippen LogP contribution in [0.15, 0.2) is 30.5 Å². The van der Waals surface area contributed by atoms with Crippen molar-refractivity contribution in [3.63, 3.8) is 0 Å². The zero-order valence-corrected chi connectivity index (χ0v) is 11.9. The maximum atomic E-state index is 9.78. The van der Waals surface area contributed by atoms with Crippen molar-refractivity contribution in [1.29, 1.82) is 0 Å². The second-order valence-corrected chi connectivity index (χ2v) is 5.47. The highest BCUT2D eigenvalue weighted by Crippen LogP contribution is 2.30. The van der Waals surface area contributed by atoms with Gasteiger partial charge in [0, 0.05) is 5.56 Å². The maximum Gasteiger partial charge on any atom is 0.176 e. The van der Waals surface area contributed by atoms with E-state index in [9.17, 15) is 5.11 Å². The second kappa shape index (κ2) is 5.75. The Morgan fingerprint density at radius 1 is 1.30 bits per heavy atom. The van der Waals surface area contributed by atoms with Crippen molar-refractivity contribution in [2.45, 2.75) is 38.3 Å². The number of hydrogen-bond donors (Lipinski definition) is 1. The fraction of sp³-hybridized carbons (Fsp3) is 0.400. The Hall–Kier alpha value is -1.68. The Bertz CT molecular complexity index is 591. The number of nitrogens with zero attached hydrogens (tertiary/aromatic N) is 2. The van der Waals surface area contributed by atoms with E-state index in [0.29, 0.717) is 17.4 Å². The van der Waals surface area contributed by atoms with E-state index in [0.717, 1.165) is 18.4 Å². The highest BCUT2D eigenvalue weighted by Gasteiger charge is 2.20. The molecular formula is C15H17ClN2O2. The lowest BCUT2D eigenvalue weighted by molar-refractivity contribution is 0.210. The molecule has 5 heteroatoms. The third kappa shape index (κ3) is 2.75. The van der Waals surface area contributed by atoms with Gasteiger partial charge >= 0.3 is 0 Å². The summed E-state index contributed by atoms with van der Waals surface area (Å²) in [5.74, 6) is 0.881. The quantitative estimate of drug-likeness (QED) is 0.936. The molecule has 0 atom stereocenters. The fourth-order valence-electron chi connectivity index (χ4n) is 2.53. The topological polar surface area (TPSA) is 47.3 Å². The van der Waals surface area contributed by atoms with Crippen LogP contribution in [0.3, 0.4) is 0 Å². The van der Waals surface area contributed by atoms with Gasteiger partial charge in [-0.25, -0.2) is 4.68 Å². The normalized spacial score (nSPS) is 15.7. The Morgan fingerprint density at radius 3 is 2.80 bits per heavy atom. The van der Waals surface area contributed by atoms with Gasteiger partial charge in [0.25, 0.3) is 0 Å². The lowest BCUT2D eigenvalue weighted by Gasteiger charge is -2.11. The first-order chi connectivity index (χ1) is 9.74. The molecule has 4 nitrogen and oxygen atoms in total. The summed E-state index contributed by atoms with van der Waals surface area (Å²) >= 11 is 6.30. The van der Waals surface area contributed by atoms with Crippen molar-refractivity contribution < 1.29 is 9.84 Å². The molecule has 0 aliphatic heterocycles. The highest BCUT2D eigenvalue weighted by molar-refractivity contribution is 6.31. The predicted molar refractivity (Wildman–Crippen MR) is 77.3 cm³/mol. The predicted octanol–water partition coefficient (Wildman–Crippen LogP) is 3.61. The van der Waals surface area contributed by atoms with Crippen molar-refractivity contribution in [1.82, 2.24) is 9.78 Å². The van der Waals surface area contributed by atoms with E-state index in [1.54, 1.807) is 23.0 Å². The van der Waals surface area contributed by atoms with Gasteiger partial charge < -0.3 is 9.84 Å². The molecule has 2 aromatic rings. The zero-order valence-electron chi connectivity index (χ0n) is 11.1. The summed E-state index contributed by atoms with van der Waals surface area (Å²) in [6.45, 7) is 0.430. The minimum absolute atomic E-state index is 0.248. The van der Waals surface area contributed by atoms with Gasteiger partial charge in [0.1, 0.15) is 5.75 Å². The average Bonchev–Trinajstić information content (AvgIpc) is 3.06. The fourth-order valence-corrected chi connectivity index (χ4v) is 2.73. The van der Waals surface area contributed by atoms with Crippen molar-refractivity contribution in [2.24, 2.45) is 0 Å². The lowest BCUT2D eigenvalue weighted by atomic mass is 10.2. The molecule has 20 heavy (non-hydrogen) atoms. The van der Waals surface area contributed by atoms with E-state index in [-0.39, 0.29) is 11.9 Å². The molecule has 0 bridgehead atoms. The Kier molecular flexibility index (Phi) is 3.83. The average molecular weight is 293 g/mol. The van der Waals surface area contributed by atoms with Gasteiger partial charge in [-0.2, -0.15) is 5.10 Å². The summed E-state index contributed by atoms with van der Waals surface area (Å²) in [6.07, 6.45) is 6.51. The molecule has 1 fully saturated rings. The second-order valence-electron chi connectivity index (χ2n) is 5.11. The van der Waals surface area contributed by atoms with Crippen LogP contribution < -0.4 is 4.74 Å². The summed E-state index contributed by atoms with van der Waals surface area (Å²) in [5.41, 5.74) is 0.782. The number of halogens is 1. The molecular weight excluding hydrogens is 276 g/mol. The number of aromatic nitrogens is 2. The maximum absolute atomic E-state index is 9.78. The van der Waals surface area contributed by atoms with E-state index in [1.807, 2.05) is 12.1 Å². The summed E-state index contributed by atoms with van der Waals surface area (Å²) in [4.78, 5) is 0. The van der Waals surface area contributed by atoms with Gasteiger partial charge in [0.2, 0.25) is 0 Å². The number of ether oxygens (including phenoxy) is 1. The molecule has 0 unspecified atom stereocenters. The largest absolute Gasteiger partial charge is 0.508 e. The van der Waals surface area contributed by atoms with Gasteiger partial charge in [0.05, 0.1) is 18.8 Å². The molecule has 3 rings (SSSR count). The first-order valence-corrected chi connectivity index (χ1v) is 7.26. The van der Waals surface area contributed by atoms with Crippen LogP contribution in [0.25, 0.3) is 0 Å². The van der Waals surface area contributed by atoms with E-state index in [4.69, 9.17) is 16.3 Å². The van der Waals surface area contributed by atoms with Crippen molar-refractivity contribution in [3.8, 4) is 11.5 Å². The number of phenols is 1. The van der Waals surface area contributed by atoms with Crippen molar-refractivity contribution >= 4 is 11.6 Å². The van der Waals surface area contributed by atoms with Crippen LogP contribution in [-0.2, 0) is 6.54 Å². The van der Waals surface area contributed by atoms with Crippen LogP contribution in [0, 0.1) is 0 Å². The molecule has 1 heterocycles. The smallest absolute Gasteiger partial charge is 0.176 e. The first kappa shape index (κ1) is 13.3. The van der Waals surface area contributed by atoms with Crippen LogP contribution in [0.5, 0.6) is 11.5 Å². The SMILES string of the molecule is Oc1ccccc1Cn1ncc(OC2CCCC2)c1Cl. The molecule has 1 N–H and O–H groups in total. The molecule has 1 aromatic carbocycles. The zero-order chi connectivity index (χ0) is 13.9. The molecule has 1 aliphatic carbocycles. The first-order valence-electron chi connectivity index (χ1n) is 6.89. The van der Waals surface area contributed by atoms with E-state index in [2.05, 4.69) is 5.10 Å². The Morgan fingerprint density at radius 2 is 2.05 bits per heavy atom. The Balaban J connectivity index is 1.74. The molecule has 106 valence electrons. The van der Waals surface area contributed by atoms with E-state index < -0.39 is 0 Å². The van der Waals surface area contributed by atoms with Gasteiger partial charge in [0.15, 0.2) is 10.9 Å². The summed E-state index contributed by atoms with van der Waals surface area (Å²) in [5, 5.41) is 14.5. The molecule has 0 radical (unpaired) electrons. The van der Waals surface area contributed by atoms with Crippen LogP contribution in [0.4, 0.5) is 0 Å². The highest BCUT2D eigenvalue weighted by atomic mass is 35.5. The van der Waals surface area contributed by atoms with E-state index >= 15 is 0 Å². The summed E-state index contributed by atoms with van der Waals surface area (Å²) in [6, 6.07) is 7.17. The number of hydrogen-bond acceptors (Lipinski definition) is 3. The van der Waals surface area contributed by atoms with Gasteiger partial charge in [-0.15, -0.1) is 0 Å². The minimum Gasteiger partial charge on any atom is -0.508 e. The third-order valence-corrected chi connectivity index (χ3v) is 4.03. The summed E-state index contributed by atoms with van der Waals surface area (Å²) < 4.78 is 7.52.